The Morgan fingerprint density at radius 3 is 2.53 bits per heavy atom. The van der Waals surface area contributed by atoms with Crippen LogP contribution in [-0.2, 0) is 0 Å². The standard InChI is InChI=1S/C24H24ClN3OS/c1-16-6-2-3-15-28(16)18-13-11-17(12-14-18)26-24(30)27-23(29)21-9-4-8-20-19(21)7-5-10-22(20)25/h4-5,7-14,16H,2-3,6,15H2,1H3,(H2,26,27,29,30)/t16-/m1/s1. The average molecular weight is 438 g/mol. The van der Waals surface area contributed by atoms with E-state index in [4.69, 9.17) is 23.8 Å². The van der Waals surface area contributed by atoms with Crippen molar-refractivity contribution in [2.75, 3.05) is 16.8 Å². The molecule has 0 unspecified atom stereocenters. The second-order valence-electron chi connectivity index (χ2n) is 7.63. The molecule has 4 rings (SSSR count). The maximum absolute atomic E-state index is 12.8. The first-order valence-electron chi connectivity index (χ1n) is 10.2. The van der Waals surface area contributed by atoms with E-state index < -0.39 is 0 Å². The molecule has 1 saturated heterocycles. The summed E-state index contributed by atoms with van der Waals surface area (Å²) < 4.78 is 0. The van der Waals surface area contributed by atoms with Gasteiger partial charge in [-0.2, -0.15) is 0 Å². The molecule has 154 valence electrons. The third-order valence-electron chi connectivity index (χ3n) is 5.60. The van der Waals surface area contributed by atoms with Crippen LogP contribution in [0.5, 0.6) is 0 Å². The van der Waals surface area contributed by atoms with E-state index in [0.717, 1.165) is 23.0 Å². The van der Waals surface area contributed by atoms with Crippen LogP contribution in [0.15, 0.2) is 60.7 Å². The van der Waals surface area contributed by atoms with E-state index in [0.29, 0.717) is 16.6 Å². The lowest BCUT2D eigenvalue weighted by atomic mass is 10.0. The predicted molar refractivity (Wildman–Crippen MR) is 130 cm³/mol. The Kier molecular flexibility index (Phi) is 6.21. The normalized spacial score (nSPS) is 16.3. The van der Waals surface area contributed by atoms with Crippen molar-refractivity contribution in [1.29, 1.82) is 0 Å². The fourth-order valence-corrected chi connectivity index (χ4v) is 4.47. The molecule has 1 aliphatic heterocycles. The van der Waals surface area contributed by atoms with Crippen LogP contribution in [0.4, 0.5) is 11.4 Å². The van der Waals surface area contributed by atoms with Crippen LogP contribution in [0.1, 0.15) is 36.5 Å². The molecule has 0 radical (unpaired) electrons. The number of hydrogen-bond donors (Lipinski definition) is 2. The Morgan fingerprint density at radius 2 is 1.77 bits per heavy atom. The number of fused-ring (bicyclic) bond motifs is 1. The molecular weight excluding hydrogens is 414 g/mol. The molecule has 0 aromatic heterocycles. The molecule has 6 heteroatoms. The summed E-state index contributed by atoms with van der Waals surface area (Å²) >= 11 is 11.6. The van der Waals surface area contributed by atoms with Crippen LogP contribution < -0.4 is 15.5 Å². The molecule has 0 bridgehead atoms. The molecule has 1 aliphatic rings. The first-order valence-corrected chi connectivity index (χ1v) is 11.0. The molecule has 0 saturated carbocycles. The van der Waals surface area contributed by atoms with Gasteiger partial charge in [0.05, 0.1) is 0 Å². The first-order chi connectivity index (χ1) is 14.5. The Bertz CT molecular complexity index is 1080. The van der Waals surface area contributed by atoms with Gasteiger partial charge in [-0.3, -0.25) is 10.1 Å². The topological polar surface area (TPSA) is 44.4 Å². The highest BCUT2D eigenvalue weighted by molar-refractivity contribution is 7.80. The van der Waals surface area contributed by atoms with Gasteiger partial charge in [-0.1, -0.05) is 35.9 Å². The van der Waals surface area contributed by atoms with E-state index in [9.17, 15) is 4.79 Å². The molecule has 2 N–H and O–H groups in total. The van der Waals surface area contributed by atoms with Crippen LogP contribution in [0.3, 0.4) is 0 Å². The summed E-state index contributed by atoms with van der Waals surface area (Å²) in [5.41, 5.74) is 2.60. The first kappa shape index (κ1) is 20.6. The van der Waals surface area contributed by atoms with E-state index in [1.165, 1.54) is 24.9 Å². The number of benzene rings is 3. The molecule has 1 atom stereocenters. The number of halogens is 1. The highest BCUT2D eigenvalue weighted by Crippen LogP contribution is 2.27. The minimum absolute atomic E-state index is 0.262. The van der Waals surface area contributed by atoms with Gasteiger partial charge in [0.2, 0.25) is 0 Å². The summed E-state index contributed by atoms with van der Waals surface area (Å²) in [6.07, 6.45) is 3.77. The lowest BCUT2D eigenvalue weighted by Crippen LogP contribution is -2.37. The second kappa shape index (κ2) is 9.02. The summed E-state index contributed by atoms with van der Waals surface area (Å²) in [4.78, 5) is 15.2. The van der Waals surface area contributed by atoms with E-state index >= 15 is 0 Å². The fraction of sp³-hybridized carbons (Fsp3) is 0.250. The molecule has 4 nitrogen and oxygen atoms in total. The number of rotatable bonds is 3. The molecular formula is C24H24ClN3OS. The summed E-state index contributed by atoms with van der Waals surface area (Å²) in [7, 11) is 0. The molecule has 3 aromatic carbocycles. The van der Waals surface area contributed by atoms with Crippen molar-refractivity contribution < 1.29 is 4.79 Å². The number of nitrogens with one attached hydrogen (secondary N) is 2. The van der Waals surface area contributed by atoms with E-state index in [1.54, 1.807) is 6.07 Å². The highest BCUT2D eigenvalue weighted by atomic mass is 35.5. The summed E-state index contributed by atoms with van der Waals surface area (Å²) in [6, 6.07) is 19.8. The highest BCUT2D eigenvalue weighted by Gasteiger charge is 2.18. The van der Waals surface area contributed by atoms with Crippen molar-refractivity contribution in [1.82, 2.24) is 5.32 Å². The van der Waals surface area contributed by atoms with Crippen LogP contribution in [0.2, 0.25) is 5.02 Å². The van der Waals surface area contributed by atoms with Crippen molar-refractivity contribution in [2.24, 2.45) is 0 Å². The maximum atomic E-state index is 12.8. The zero-order valence-corrected chi connectivity index (χ0v) is 18.4. The smallest absolute Gasteiger partial charge is 0.258 e. The van der Waals surface area contributed by atoms with Gasteiger partial charge in [0.1, 0.15) is 0 Å². The number of carbonyl (C=O) groups excluding carboxylic acids is 1. The van der Waals surface area contributed by atoms with Crippen LogP contribution in [0.25, 0.3) is 10.8 Å². The monoisotopic (exact) mass is 437 g/mol. The lowest BCUT2D eigenvalue weighted by Gasteiger charge is -2.35. The van der Waals surface area contributed by atoms with Gasteiger partial charge >= 0.3 is 0 Å². The number of amides is 1. The summed E-state index contributed by atoms with van der Waals surface area (Å²) in [5, 5.41) is 8.38. The van der Waals surface area contributed by atoms with Crippen molar-refractivity contribution in [3.8, 4) is 0 Å². The molecule has 30 heavy (non-hydrogen) atoms. The van der Waals surface area contributed by atoms with Crippen LogP contribution in [0, 0.1) is 0 Å². The molecule has 0 spiro atoms. The summed E-state index contributed by atoms with van der Waals surface area (Å²) in [6.45, 7) is 3.37. The molecule has 1 fully saturated rings. The number of hydrogen-bond acceptors (Lipinski definition) is 3. The minimum atomic E-state index is -0.265. The van der Waals surface area contributed by atoms with Crippen molar-refractivity contribution in [3.05, 3.63) is 71.2 Å². The van der Waals surface area contributed by atoms with Gasteiger partial charge in [0.25, 0.3) is 5.91 Å². The Balaban J connectivity index is 1.42. The number of anilines is 2. The molecule has 1 heterocycles. The zero-order valence-electron chi connectivity index (χ0n) is 16.8. The van der Waals surface area contributed by atoms with Gasteiger partial charge in [-0.25, -0.2) is 0 Å². The number of nitrogens with zero attached hydrogens (tertiary/aromatic N) is 1. The molecule has 1 amide bonds. The Hall–Kier alpha value is -2.63. The third kappa shape index (κ3) is 4.42. The van der Waals surface area contributed by atoms with Gasteiger partial charge in [0.15, 0.2) is 5.11 Å². The molecule has 0 aliphatic carbocycles. The van der Waals surface area contributed by atoms with Crippen LogP contribution in [-0.4, -0.2) is 23.6 Å². The van der Waals surface area contributed by atoms with E-state index in [-0.39, 0.29) is 11.0 Å². The zero-order chi connectivity index (χ0) is 21.1. The largest absolute Gasteiger partial charge is 0.369 e. The molecule has 3 aromatic rings. The predicted octanol–water partition coefficient (Wildman–Crippen LogP) is 6.00. The quantitative estimate of drug-likeness (QED) is 0.493. The fourth-order valence-electron chi connectivity index (χ4n) is 4.02. The van der Waals surface area contributed by atoms with Gasteiger partial charge < -0.3 is 10.2 Å². The lowest BCUT2D eigenvalue weighted by molar-refractivity contribution is 0.0979. The summed E-state index contributed by atoms with van der Waals surface area (Å²) in [5.74, 6) is -0.265. The number of piperidine rings is 1. The third-order valence-corrected chi connectivity index (χ3v) is 6.13. The van der Waals surface area contributed by atoms with Gasteiger partial charge in [-0.15, -0.1) is 0 Å². The number of thiocarbonyl (C=S) groups is 1. The van der Waals surface area contributed by atoms with E-state index in [2.05, 4.69) is 34.6 Å². The second-order valence-corrected chi connectivity index (χ2v) is 8.45. The maximum Gasteiger partial charge on any atom is 0.258 e. The minimum Gasteiger partial charge on any atom is -0.369 e. The van der Waals surface area contributed by atoms with Crippen molar-refractivity contribution in [3.63, 3.8) is 0 Å². The average Bonchev–Trinajstić information content (AvgIpc) is 2.74. The number of carbonyl (C=O) groups is 1. The van der Waals surface area contributed by atoms with Gasteiger partial charge in [-0.05, 0) is 80.2 Å². The van der Waals surface area contributed by atoms with Crippen LogP contribution >= 0.6 is 23.8 Å². The Morgan fingerprint density at radius 1 is 1.03 bits per heavy atom. The van der Waals surface area contributed by atoms with E-state index in [1.807, 2.05) is 42.5 Å². The Labute approximate surface area is 187 Å². The van der Waals surface area contributed by atoms with Crippen molar-refractivity contribution >= 4 is 57.0 Å². The SMILES string of the molecule is C[C@@H]1CCCCN1c1ccc(NC(=S)NC(=O)c2cccc3c(Cl)cccc23)cc1. The van der Waals surface area contributed by atoms with Crippen molar-refractivity contribution in [2.45, 2.75) is 32.2 Å². The van der Waals surface area contributed by atoms with Gasteiger partial charge in [0, 0.05) is 39.9 Å².